The van der Waals surface area contributed by atoms with E-state index in [2.05, 4.69) is 15.2 Å². The smallest absolute Gasteiger partial charge is 0.301 e. The molecule has 0 radical (unpaired) electrons. The van der Waals surface area contributed by atoms with Crippen molar-refractivity contribution in [2.24, 2.45) is 0 Å². The van der Waals surface area contributed by atoms with Crippen LogP contribution in [0.15, 0.2) is 83.0 Å². The van der Waals surface area contributed by atoms with Crippen molar-refractivity contribution < 1.29 is 19.1 Å². The van der Waals surface area contributed by atoms with E-state index in [4.69, 9.17) is 0 Å². The summed E-state index contributed by atoms with van der Waals surface area (Å²) in [7, 11) is 0. The van der Waals surface area contributed by atoms with Gasteiger partial charge in [0.15, 0.2) is 4.34 Å². The second-order valence-corrected chi connectivity index (χ2v) is 10.3. The molecule has 10 heteroatoms. The van der Waals surface area contributed by atoms with Crippen molar-refractivity contribution in [2.45, 2.75) is 23.1 Å². The lowest BCUT2D eigenvalue weighted by atomic mass is 9.95. The van der Waals surface area contributed by atoms with Crippen LogP contribution < -0.4 is 4.90 Å². The van der Waals surface area contributed by atoms with Crippen molar-refractivity contribution in [1.29, 1.82) is 0 Å². The summed E-state index contributed by atoms with van der Waals surface area (Å²) in [6.07, 6.45) is 3.00. The molecule has 5 rings (SSSR count). The highest BCUT2D eigenvalue weighted by molar-refractivity contribution is 8.00. The molecule has 1 unspecified atom stereocenters. The van der Waals surface area contributed by atoms with Crippen LogP contribution in [0.1, 0.15) is 28.3 Å². The van der Waals surface area contributed by atoms with E-state index in [0.29, 0.717) is 21.2 Å². The van der Waals surface area contributed by atoms with Gasteiger partial charge in [-0.05, 0) is 42.3 Å². The fourth-order valence-corrected chi connectivity index (χ4v) is 5.67. The number of benzene rings is 2. The number of anilines is 1. The fourth-order valence-electron chi connectivity index (χ4n) is 3.84. The topological polar surface area (TPSA) is 96.3 Å². The van der Waals surface area contributed by atoms with Crippen molar-refractivity contribution in [1.82, 2.24) is 15.2 Å². The number of aliphatic hydroxyl groups is 1. The molecule has 3 heterocycles. The molecule has 2 aromatic carbocycles. The molecule has 180 valence electrons. The SMILES string of the molecule is Cc1ccc(C2/C(=C(\O)c3ccncc3)C(=O)C(=O)N2c2nnc(SCc3ccc(F)cc3)s2)cc1. The second kappa shape index (κ2) is 10.00. The fraction of sp³-hybridized carbons (Fsp3) is 0.115. The van der Waals surface area contributed by atoms with Crippen LogP contribution in [0.4, 0.5) is 9.52 Å². The summed E-state index contributed by atoms with van der Waals surface area (Å²) in [6, 6.07) is 15.9. The summed E-state index contributed by atoms with van der Waals surface area (Å²) >= 11 is 2.57. The molecule has 36 heavy (non-hydrogen) atoms. The van der Waals surface area contributed by atoms with Gasteiger partial charge in [0.2, 0.25) is 5.13 Å². The van der Waals surface area contributed by atoms with Gasteiger partial charge in [-0.2, -0.15) is 0 Å². The summed E-state index contributed by atoms with van der Waals surface area (Å²) in [5, 5.41) is 19.7. The van der Waals surface area contributed by atoms with Crippen LogP contribution in [-0.2, 0) is 15.3 Å². The Kier molecular flexibility index (Phi) is 6.62. The molecule has 1 fully saturated rings. The number of hydrogen-bond acceptors (Lipinski definition) is 8. The molecule has 0 spiro atoms. The third kappa shape index (κ3) is 4.65. The van der Waals surface area contributed by atoms with Gasteiger partial charge in [-0.25, -0.2) is 4.39 Å². The van der Waals surface area contributed by atoms with Gasteiger partial charge < -0.3 is 5.11 Å². The molecule has 1 saturated heterocycles. The Morgan fingerprint density at radius 3 is 2.42 bits per heavy atom. The Balaban J connectivity index is 1.52. The predicted octanol–water partition coefficient (Wildman–Crippen LogP) is 5.30. The van der Waals surface area contributed by atoms with E-state index >= 15 is 0 Å². The maximum absolute atomic E-state index is 13.2. The molecule has 1 aliphatic rings. The third-order valence-corrected chi connectivity index (χ3v) is 7.80. The monoisotopic (exact) mass is 518 g/mol. The lowest BCUT2D eigenvalue weighted by molar-refractivity contribution is -0.132. The van der Waals surface area contributed by atoms with E-state index in [-0.39, 0.29) is 22.3 Å². The maximum Gasteiger partial charge on any atom is 0.301 e. The highest BCUT2D eigenvalue weighted by Crippen LogP contribution is 2.44. The Morgan fingerprint density at radius 2 is 1.72 bits per heavy atom. The molecule has 0 saturated carbocycles. The Hall–Kier alpha value is -3.89. The van der Waals surface area contributed by atoms with Crippen molar-refractivity contribution >= 4 is 45.7 Å². The molecule has 1 atom stereocenters. The highest BCUT2D eigenvalue weighted by atomic mass is 32.2. The lowest BCUT2D eigenvalue weighted by Gasteiger charge is -2.22. The number of carbonyl (C=O) groups excluding carboxylic acids is 2. The number of hydrogen-bond donors (Lipinski definition) is 1. The third-order valence-electron chi connectivity index (χ3n) is 5.67. The summed E-state index contributed by atoms with van der Waals surface area (Å²) < 4.78 is 13.8. The summed E-state index contributed by atoms with van der Waals surface area (Å²) in [4.78, 5) is 31.7. The Labute approximate surface area is 214 Å². The molecule has 1 aliphatic heterocycles. The zero-order valence-electron chi connectivity index (χ0n) is 19.0. The molecule has 7 nitrogen and oxygen atoms in total. The zero-order valence-corrected chi connectivity index (χ0v) is 20.6. The number of pyridine rings is 1. The first-order valence-corrected chi connectivity index (χ1v) is 12.7. The van der Waals surface area contributed by atoms with E-state index < -0.39 is 17.7 Å². The van der Waals surface area contributed by atoms with Gasteiger partial charge in [0.1, 0.15) is 11.6 Å². The van der Waals surface area contributed by atoms with Crippen LogP contribution in [0.2, 0.25) is 0 Å². The largest absolute Gasteiger partial charge is 0.507 e. The van der Waals surface area contributed by atoms with Crippen molar-refractivity contribution in [3.63, 3.8) is 0 Å². The summed E-state index contributed by atoms with van der Waals surface area (Å²) in [5.41, 5.74) is 2.95. The minimum Gasteiger partial charge on any atom is -0.507 e. The number of halogens is 1. The van der Waals surface area contributed by atoms with Crippen LogP contribution in [-0.4, -0.2) is 32.0 Å². The van der Waals surface area contributed by atoms with Gasteiger partial charge in [-0.3, -0.25) is 19.5 Å². The van der Waals surface area contributed by atoms with E-state index in [1.54, 1.807) is 24.3 Å². The molecule has 0 bridgehead atoms. The van der Waals surface area contributed by atoms with Crippen LogP contribution in [0, 0.1) is 12.7 Å². The number of carbonyl (C=O) groups is 2. The molecule has 4 aromatic rings. The van der Waals surface area contributed by atoms with Crippen molar-refractivity contribution in [3.05, 3.63) is 107 Å². The van der Waals surface area contributed by atoms with E-state index in [1.807, 2.05) is 31.2 Å². The average molecular weight is 519 g/mol. The minimum absolute atomic E-state index is 0.0224. The van der Waals surface area contributed by atoms with Crippen LogP contribution in [0.5, 0.6) is 0 Å². The number of amides is 1. The molecule has 0 aliphatic carbocycles. The second-order valence-electron chi connectivity index (χ2n) is 8.08. The quantitative estimate of drug-likeness (QED) is 0.122. The maximum atomic E-state index is 13.2. The van der Waals surface area contributed by atoms with Crippen LogP contribution >= 0.6 is 23.1 Å². The standard InChI is InChI=1S/C26H19FN4O3S2/c1-15-2-6-17(7-3-15)21-20(22(32)18-10-12-28-13-11-18)23(33)24(34)31(21)25-29-30-26(36-25)35-14-16-4-8-19(27)9-5-16/h2-13,21,32H,14H2,1H3/b22-20+. The molecule has 1 amide bonds. The Bertz CT molecular complexity index is 1450. The Morgan fingerprint density at radius 1 is 1.03 bits per heavy atom. The van der Waals surface area contributed by atoms with Gasteiger partial charge in [-0.15, -0.1) is 10.2 Å². The number of Topliss-reactive ketones (excluding diaryl/α,β-unsaturated/α-hetero) is 1. The van der Waals surface area contributed by atoms with Crippen LogP contribution in [0.3, 0.4) is 0 Å². The molecular formula is C26H19FN4O3S2. The first-order chi connectivity index (χ1) is 17.4. The summed E-state index contributed by atoms with van der Waals surface area (Å²) in [6.45, 7) is 1.94. The predicted molar refractivity (Wildman–Crippen MR) is 136 cm³/mol. The number of ketones is 1. The van der Waals surface area contributed by atoms with E-state index in [9.17, 15) is 19.1 Å². The van der Waals surface area contributed by atoms with Gasteiger partial charge in [0, 0.05) is 23.7 Å². The number of aromatic nitrogens is 3. The van der Waals surface area contributed by atoms with Gasteiger partial charge in [-0.1, -0.05) is 65.1 Å². The zero-order chi connectivity index (χ0) is 25.2. The molecule has 1 N–H and O–H groups in total. The first kappa shape index (κ1) is 23.8. The van der Waals surface area contributed by atoms with Gasteiger partial charge in [0.05, 0.1) is 11.6 Å². The van der Waals surface area contributed by atoms with Gasteiger partial charge in [0.25, 0.3) is 5.78 Å². The van der Waals surface area contributed by atoms with E-state index in [1.165, 1.54) is 52.5 Å². The van der Waals surface area contributed by atoms with Crippen molar-refractivity contribution in [2.75, 3.05) is 4.90 Å². The van der Waals surface area contributed by atoms with E-state index in [0.717, 1.165) is 11.1 Å². The summed E-state index contributed by atoms with van der Waals surface area (Å²) in [5.74, 6) is -1.63. The first-order valence-electron chi connectivity index (χ1n) is 10.9. The van der Waals surface area contributed by atoms with Crippen LogP contribution in [0.25, 0.3) is 5.76 Å². The van der Waals surface area contributed by atoms with Crippen molar-refractivity contribution in [3.8, 4) is 0 Å². The highest BCUT2D eigenvalue weighted by Gasteiger charge is 2.48. The molecule has 2 aromatic heterocycles. The number of aryl methyl sites for hydroxylation is 1. The lowest BCUT2D eigenvalue weighted by Crippen LogP contribution is -2.29. The normalized spacial score (nSPS) is 17.1. The average Bonchev–Trinajstić information content (AvgIpc) is 3.46. The number of nitrogens with zero attached hydrogens (tertiary/aromatic N) is 4. The number of thioether (sulfide) groups is 1. The molecular weight excluding hydrogens is 499 g/mol. The number of aliphatic hydroxyl groups excluding tert-OH is 1. The number of rotatable bonds is 6. The van der Waals surface area contributed by atoms with Gasteiger partial charge >= 0.3 is 5.91 Å². The minimum atomic E-state index is -0.873.